The van der Waals surface area contributed by atoms with Gasteiger partial charge in [0.25, 0.3) is 0 Å². The zero-order chi connectivity index (χ0) is 9.94. The van der Waals surface area contributed by atoms with Crippen LogP contribution in [0.4, 0.5) is 0 Å². The van der Waals surface area contributed by atoms with Crippen LogP contribution in [-0.2, 0) is 4.79 Å². The van der Waals surface area contributed by atoms with E-state index in [-0.39, 0.29) is 25.5 Å². The average Bonchev–Trinajstić information content (AvgIpc) is 2.11. The molecule has 0 aromatic rings. The van der Waals surface area contributed by atoms with Crippen molar-refractivity contribution in [1.82, 2.24) is 5.32 Å². The van der Waals surface area contributed by atoms with E-state index in [1.54, 1.807) is 0 Å². The van der Waals surface area contributed by atoms with Gasteiger partial charge in [-0.15, -0.1) is 0 Å². The molecular weight excluding hydrogens is 170 g/mol. The predicted octanol–water partition coefficient (Wildman–Crippen LogP) is 0.0377. The average molecular weight is 189 g/mol. The molecule has 0 saturated heterocycles. The lowest BCUT2D eigenvalue weighted by atomic mass is 10.2. The summed E-state index contributed by atoms with van der Waals surface area (Å²) in [5.74, 6) is -0.0929. The van der Waals surface area contributed by atoms with Gasteiger partial charge in [0.1, 0.15) is 0 Å². The van der Waals surface area contributed by atoms with Crippen LogP contribution in [0.2, 0.25) is 0 Å². The lowest BCUT2D eigenvalue weighted by molar-refractivity contribution is -0.121. The van der Waals surface area contributed by atoms with E-state index in [0.29, 0.717) is 6.54 Å². The molecule has 4 heteroatoms. The van der Waals surface area contributed by atoms with Crippen molar-refractivity contribution in [2.24, 2.45) is 0 Å². The standard InChI is InChI=1S/C9H19NO3/c11-7-4-2-1-3-6-10-9(13)5-8-12/h11-12H,1-8H2,(H,10,13). The summed E-state index contributed by atoms with van der Waals surface area (Å²) in [6.07, 6.45) is 4.00. The summed E-state index contributed by atoms with van der Waals surface area (Å²) >= 11 is 0. The Morgan fingerprint density at radius 1 is 1.00 bits per heavy atom. The normalized spacial score (nSPS) is 10.0. The molecule has 0 radical (unpaired) electrons. The first-order valence-corrected chi connectivity index (χ1v) is 4.79. The van der Waals surface area contributed by atoms with Crippen molar-refractivity contribution in [1.29, 1.82) is 0 Å². The molecule has 0 unspecified atom stereocenters. The van der Waals surface area contributed by atoms with E-state index in [0.717, 1.165) is 25.7 Å². The Hall–Kier alpha value is -0.610. The fourth-order valence-corrected chi connectivity index (χ4v) is 1.01. The summed E-state index contributed by atoms with van der Waals surface area (Å²) in [6, 6.07) is 0. The molecule has 0 fully saturated rings. The van der Waals surface area contributed by atoms with Crippen LogP contribution in [0, 0.1) is 0 Å². The first-order valence-electron chi connectivity index (χ1n) is 4.79. The van der Waals surface area contributed by atoms with Crippen molar-refractivity contribution < 1.29 is 15.0 Å². The molecule has 0 spiro atoms. The maximum Gasteiger partial charge on any atom is 0.222 e. The Balaban J connectivity index is 3.02. The van der Waals surface area contributed by atoms with Gasteiger partial charge >= 0.3 is 0 Å². The quantitative estimate of drug-likeness (QED) is 0.472. The molecule has 0 bridgehead atoms. The highest BCUT2D eigenvalue weighted by Crippen LogP contribution is 1.97. The Bertz CT molecular complexity index is 128. The number of hydrogen-bond donors (Lipinski definition) is 3. The molecule has 13 heavy (non-hydrogen) atoms. The number of rotatable bonds is 8. The van der Waals surface area contributed by atoms with Crippen LogP contribution in [-0.4, -0.2) is 35.9 Å². The van der Waals surface area contributed by atoms with Crippen molar-refractivity contribution in [3.05, 3.63) is 0 Å². The summed E-state index contributed by atoms with van der Waals surface area (Å²) < 4.78 is 0. The lowest BCUT2D eigenvalue weighted by Gasteiger charge is -2.03. The molecule has 0 aliphatic rings. The summed E-state index contributed by atoms with van der Waals surface area (Å²) in [5, 5.41) is 19.6. The molecule has 3 N–H and O–H groups in total. The molecule has 4 nitrogen and oxygen atoms in total. The predicted molar refractivity (Wildman–Crippen MR) is 50.3 cm³/mol. The van der Waals surface area contributed by atoms with E-state index in [1.807, 2.05) is 0 Å². The first-order chi connectivity index (χ1) is 6.31. The van der Waals surface area contributed by atoms with E-state index in [2.05, 4.69) is 5.32 Å². The second-order valence-electron chi connectivity index (χ2n) is 2.96. The molecule has 0 saturated carbocycles. The molecule has 0 aromatic heterocycles. The minimum atomic E-state index is -0.0929. The number of carbonyl (C=O) groups is 1. The molecule has 78 valence electrons. The first kappa shape index (κ1) is 12.4. The van der Waals surface area contributed by atoms with Gasteiger partial charge in [-0.1, -0.05) is 12.8 Å². The Kier molecular flexibility index (Phi) is 9.03. The van der Waals surface area contributed by atoms with E-state index in [4.69, 9.17) is 10.2 Å². The minimum Gasteiger partial charge on any atom is -0.396 e. The van der Waals surface area contributed by atoms with Gasteiger partial charge in [-0.05, 0) is 12.8 Å². The van der Waals surface area contributed by atoms with Gasteiger partial charge in [-0.3, -0.25) is 4.79 Å². The SMILES string of the molecule is O=C(CCO)NCCCCCCO. The number of aliphatic hydroxyl groups excluding tert-OH is 2. The van der Waals surface area contributed by atoms with E-state index < -0.39 is 0 Å². The molecule has 0 rings (SSSR count). The van der Waals surface area contributed by atoms with Gasteiger partial charge in [0, 0.05) is 19.6 Å². The highest BCUT2D eigenvalue weighted by molar-refractivity contribution is 5.75. The van der Waals surface area contributed by atoms with Gasteiger partial charge in [0.05, 0.1) is 6.61 Å². The van der Waals surface area contributed by atoms with Gasteiger partial charge in [-0.2, -0.15) is 0 Å². The van der Waals surface area contributed by atoms with Crippen LogP contribution in [0.25, 0.3) is 0 Å². The van der Waals surface area contributed by atoms with Gasteiger partial charge in [0.2, 0.25) is 5.91 Å². The minimum absolute atomic E-state index is 0.0870. The van der Waals surface area contributed by atoms with Crippen LogP contribution in [0.3, 0.4) is 0 Å². The number of amides is 1. The summed E-state index contributed by atoms with van der Waals surface area (Å²) in [7, 11) is 0. The maximum absolute atomic E-state index is 10.8. The van der Waals surface area contributed by atoms with Crippen LogP contribution >= 0.6 is 0 Å². The Morgan fingerprint density at radius 3 is 2.31 bits per heavy atom. The third-order valence-electron chi connectivity index (χ3n) is 1.75. The molecule has 0 aliphatic heterocycles. The molecule has 0 aromatic carbocycles. The van der Waals surface area contributed by atoms with E-state index in [9.17, 15) is 4.79 Å². The highest BCUT2D eigenvalue weighted by Gasteiger charge is 1.97. The Labute approximate surface area is 79.0 Å². The molecule has 0 atom stereocenters. The van der Waals surface area contributed by atoms with Gasteiger partial charge in [-0.25, -0.2) is 0 Å². The van der Waals surface area contributed by atoms with Crippen molar-refractivity contribution in [3.63, 3.8) is 0 Å². The number of unbranched alkanes of at least 4 members (excludes halogenated alkanes) is 3. The third kappa shape index (κ3) is 9.30. The van der Waals surface area contributed by atoms with Crippen molar-refractivity contribution in [2.45, 2.75) is 32.1 Å². The topological polar surface area (TPSA) is 69.6 Å². The van der Waals surface area contributed by atoms with E-state index >= 15 is 0 Å². The van der Waals surface area contributed by atoms with Crippen LogP contribution in [0.1, 0.15) is 32.1 Å². The van der Waals surface area contributed by atoms with Crippen LogP contribution in [0.15, 0.2) is 0 Å². The molecule has 1 amide bonds. The van der Waals surface area contributed by atoms with Gasteiger partial charge in [0.15, 0.2) is 0 Å². The highest BCUT2D eigenvalue weighted by atomic mass is 16.3. The number of aliphatic hydroxyl groups is 2. The second kappa shape index (κ2) is 9.48. The lowest BCUT2D eigenvalue weighted by Crippen LogP contribution is -2.24. The third-order valence-corrected chi connectivity index (χ3v) is 1.75. The van der Waals surface area contributed by atoms with Crippen molar-refractivity contribution in [3.8, 4) is 0 Å². The van der Waals surface area contributed by atoms with Crippen LogP contribution in [0.5, 0.6) is 0 Å². The monoisotopic (exact) mass is 189 g/mol. The number of nitrogens with one attached hydrogen (secondary N) is 1. The Morgan fingerprint density at radius 2 is 1.69 bits per heavy atom. The fourth-order valence-electron chi connectivity index (χ4n) is 1.01. The molecule has 0 heterocycles. The zero-order valence-electron chi connectivity index (χ0n) is 7.96. The molecule has 0 aliphatic carbocycles. The second-order valence-corrected chi connectivity index (χ2v) is 2.96. The summed E-state index contributed by atoms with van der Waals surface area (Å²) in [5.41, 5.74) is 0. The summed E-state index contributed by atoms with van der Waals surface area (Å²) in [4.78, 5) is 10.8. The smallest absolute Gasteiger partial charge is 0.222 e. The van der Waals surface area contributed by atoms with Gasteiger partial charge < -0.3 is 15.5 Å². The zero-order valence-corrected chi connectivity index (χ0v) is 7.96. The maximum atomic E-state index is 10.8. The fraction of sp³-hybridized carbons (Fsp3) is 0.889. The van der Waals surface area contributed by atoms with Crippen molar-refractivity contribution in [2.75, 3.05) is 19.8 Å². The van der Waals surface area contributed by atoms with E-state index in [1.165, 1.54) is 0 Å². The van der Waals surface area contributed by atoms with Crippen LogP contribution < -0.4 is 5.32 Å². The largest absolute Gasteiger partial charge is 0.396 e. The number of carbonyl (C=O) groups excluding carboxylic acids is 1. The van der Waals surface area contributed by atoms with Crippen molar-refractivity contribution >= 4 is 5.91 Å². The summed E-state index contributed by atoms with van der Waals surface area (Å²) in [6.45, 7) is 0.831. The number of hydrogen-bond acceptors (Lipinski definition) is 3. The molecular formula is C9H19NO3.